The maximum Gasteiger partial charge on any atom is 0.251 e. The lowest BCUT2D eigenvalue weighted by Crippen LogP contribution is -2.31. The number of anilines is 2. The molecule has 0 aliphatic carbocycles. The summed E-state index contributed by atoms with van der Waals surface area (Å²) >= 11 is 0. The molecule has 0 saturated carbocycles. The monoisotopic (exact) mass is 309 g/mol. The minimum Gasteiger partial charge on any atom is -0.362 e. The fourth-order valence-corrected chi connectivity index (χ4v) is 2.79. The molecule has 2 N–H and O–H groups in total. The Balaban J connectivity index is 1.61. The number of amides is 2. The van der Waals surface area contributed by atoms with Crippen LogP contribution in [-0.2, 0) is 11.2 Å². The van der Waals surface area contributed by atoms with E-state index in [0.29, 0.717) is 17.8 Å². The van der Waals surface area contributed by atoms with Gasteiger partial charge in [0.1, 0.15) is 0 Å². The van der Waals surface area contributed by atoms with E-state index in [0.717, 1.165) is 18.7 Å². The molecule has 1 heterocycles. The van der Waals surface area contributed by atoms with Gasteiger partial charge >= 0.3 is 0 Å². The topological polar surface area (TPSA) is 61.4 Å². The van der Waals surface area contributed by atoms with Crippen LogP contribution >= 0.6 is 0 Å². The minimum absolute atomic E-state index is 0.0607. The quantitative estimate of drug-likeness (QED) is 0.908. The van der Waals surface area contributed by atoms with E-state index in [9.17, 15) is 9.59 Å². The highest BCUT2D eigenvalue weighted by atomic mass is 16.2. The van der Waals surface area contributed by atoms with Crippen LogP contribution in [0.15, 0.2) is 48.5 Å². The van der Waals surface area contributed by atoms with Crippen molar-refractivity contribution in [2.45, 2.75) is 6.42 Å². The van der Waals surface area contributed by atoms with Crippen molar-refractivity contribution in [1.82, 2.24) is 5.32 Å². The molecule has 2 aromatic carbocycles. The average molecular weight is 309 g/mol. The zero-order chi connectivity index (χ0) is 16.2. The maximum atomic E-state index is 12.2. The van der Waals surface area contributed by atoms with Crippen molar-refractivity contribution in [1.29, 1.82) is 0 Å². The average Bonchev–Trinajstić information content (AvgIpc) is 2.98. The molecule has 5 heteroatoms. The molecule has 2 amide bonds. The zero-order valence-corrected chi connectivity index (χ0v) is 13.0. The normalized spacial score (nSPS) is 12.7. The van der Waals surface area contributed by atoms with Crippen molar-refractivity contribution < 1.29 is 9.59 Å². The second-order valence-corrected chi connectivity index (χ2v) is 5.50. The number of rotatable bonds is 4. The second kappa shape index (κ2) is 6.52. The molecule has 0 aromatic heterocycles. The first-order valence-electron chi connectivity index (χ1n) is 7.62. The summed E-state index contributed by atoms with van der Waals surface area (Å²) in [5, 5.41) is 5.44. The number of hydrogen-bond acceptors (Lipinski definition) is 3. The maximum absolute atomic E-state index is 12.2. The van der Waals surface area contributed by atoms with Crippen LogP contribution in [0.2, 0.25) is 0 Å². The molecule has 0 bridgehead atoms. The van der Waals surface area contributed by atoms with Crippen LogP contribution in [0.5, 0.6) is 0 Å². The van der Waals surface area contributed by atoms with Crippen LogP contribution in [0.1, 0.15) is 15.9 Å². The SMILES string of the molecule is CNC(=O)c1ccc(NC(=O)CN2CCc3ccccc32)cc1. The van der Waals surface area contributed by atoms with Crippen molar-refractivity contribution >= 4 is 23.2 Å². The van der Waals surface area contributed by atoms with Gasteiger partial charge in [0.25, 0.3) is 5.91 Å². The third-order valence-corrected chi connectivity index (χ3v) is 3.98. The molecular formula is C18H19N3O2. The Morgan fingerprint density at radius 3 is 2.57 bits per heavy atom. The van der Waals surface area contributed by atoms with Gasteiger partial charge < -0.3 is 15.5 Å². The van der Waals surface area contributed by atoms with E-state index in [1.54, 1.807) is 31.3 Å². The highest BCUT2D eigenvalue weighted by Gasteiger charge is 2.20. The van der Waals surface area contributed by atoms with Crippen LogP contribution < -0.4 is 15.5 Å². The summed E-state index contributed by atoms with van der Waals surface area (Å²) in [5.41, 5.74) is 3.68. The Bertz CT molecular complexity index is 725. The van der Waals surface area contributed by atoms with Crippen molar-refractivity contribution in [3.8, 4) is 0 Å². The standard InChI is InChI=1S/C18H19N3O2/c1-19-18(23)14-6-8-15(9-7-14)20-17(22)12-21-11-10-13-4-2-3-5-16(13)21/h2-9H,10-12H2,1H3,(H,19,23)(H,20,22). The van der Waals surface area contributed by atoms with Gasteiger partial charge in [-0.1, -0.05) is 18.2 Å². The number of benzene rings is 2. The summed E-state index contributed by atoms with van der Waals surface area (Å²) < 4.78 is 0. The van der Waals surface area contributed by atoms with E-state index in [2.05, 4.69) is 21.6 Å². The summed E-state index contributed by atoms with van der Waals surface area (Å²) in [6.07, 6.45) is 0.976. The molecule has 1 aliphatic heterocycles. The van der Waals surface area contributed by atoms with Crippen LogP contribution in [0.3, 0.4) is 0 Å². The molecule has 0 unspecified atom stereocenters. The number of carbonyl (C=O) groups is 2. The van der Waals surface area contributed by atoms with Gasteiger partial charge in [-0.15, -0.1) is 0 Å². The van der Waals surface area contributed by atoms with Crippen LogP contribution in [0.4, 0.5) is 11.4 Å². The lowest BCUT2D eigenvalue weighted by molar-refractivity contribution is -0.115. The lowest BCUT2D eigenvalue weighted by atomic mass is 10.2. The Morgan fingerprint density at radius 2 is 1.83 bits per heavy atom. The van der Waals surface area contributed by atoms with Gasteiger partial charge in [-0.05, 0) is 42.3 Å². The fraction of sp³-hybridized carbons (Fsp3) is 0.222. The molecule has 118 valence electrons. The molecule has 5 nitrogen and oxygen atoms in total. The predicted octanol–water partition coefficient (Wildman–Crippen LogP) is 2.05. The molecule has 0 saturated heterocycles. The molecule has 3 rings (SSSR count). The van der Waals surface area contributed by atoms with E-state index in [1.165, 1.54) is 5.56 Å². The van der Waals surface area contributed by atoms with Gasteiger partial charge in [0.2, 0.25) is 5.91 Å². The van der Waals surface area contributed by atoms with E-state index >= 15 is 0 Å². The minimum atomic E-state index is -0.142. The molecule has 0 radical (unpaired) electrons. The first kappa shape index (κ1) is 15.1. The summed E-state index contributed by atoms with van der Waals surface area (Å²) in [6, 6.07) is 15.0. The summed E-state index contributed by atoms with van der Waals surface area (Å²) in [4.78, 5) is 25.8. The van der Waals surface area contributed by atoms with E-state index < -0.39 is 0 Å². The van der Waals surface area contributed by atoms with Crippen molar-refractivity contribution in [3.05, 3.63) is 59.7 Å². The summed E-state index contributed by atoms with van der Waals surface area (Å²) in [7, 11) is 1.59. The Morgan fingerprint density at radius 1 is 1.09 bits per heavy atom. The number of hydrogen-bond donors (Lipinski definition) is 2. The number of fused-ring (bicyclic) bond motifs is 1. The summed E-state index contributed by atoms with van der Waals surface area (Å²) in [5.74, 6) is -0.203. The van der Waals surface area contributed by atoms with Crippen molar-refractivity contribution in [3.63, 3.8) is 0 Å². The van der Waals surface area contributed by atoms with Crippen LogP contribution in [-0.4, -0.2) is 32.0 Å². The molecule has 1 aliphatic rings. The van der Waals surface area contributed by atoms with Crippen LogP contribution in [0.25, 0.3) is 0 Å². The molecule has 0 atom stereocenters. The van der Waals surface area contributed by atoms with E-state index in [-0.39, 0.29) is 11.8 Å². The van der Waals surface area contributed by atoms with Gasteiger partial charge in [-0.2, -0.15) is 0 Å². The highest BCUT2D eigenvalue weighted by molar-refractivity contribution is 5.96. The Hall–Kier alpha value is -2.82. The largest absolute Gasteiger partial charge is 0.362 e. The number of nitrogens with zero attached hydrogens (tertiary/aromatic N) is 1. The van der Waals surface area contributed by atoms with Crippen molar-refractivity contribution in [2.24, 2.45) is 0 Å². The Labute approximate surface area is 135 Å². The number of nitrogens with one attached hydrogen (secondary N) is 2. The molecule has 2 aromatic rings. The smallest absolute Gasteiger partial charge is 0.251 e. The first-order valence-corrected chi connectivity index (χ1v) is 7.62. The first-order chi connectivity index (χ1) is 11.2. The van der Waals surface area contributed by atoms with Crippen molar-refractivity contribution in [2.75, 3.05) is 30.4 Å². The molecule has 0 fully saturated rings. The van der Waals surface area contributed by atoms with E-state index in [1.807, 2.05) is 18.2 Å². The Kier molecular flexibility index (Phi) is 4.28. The van der Waals surface area contributed by atoms with E-state index in [4.69, 9.17) is 0 Å². The van der Waals surface area contributed by atoms with Gasteiger partial charge in [-0.3, -0.25) is 9.59 Å². The molecule has 23 heavy (non-hydrogen) atoms. The van der Waals surface area contributed by atoms with Gasteiger partial charge in [0.15, 0.2) is 0 Å². The zero-order valence-electron chi connectivity index (χ0n) is 13.0. The van der Waals surface area contributed by atoms with Crippen LogP contribution in [0, 0.1) is 0 Å². The predicted molar refractivity (Wildman–Crippen MR) is 90.8 cm³/mol. The van der Waals surface area contributed by atoms with Gasteiger partial charge in [-0.25, -0.2) is 0 Å². The molecule has 0 spiro atoms. The third kappa shape index (κ3) is 3.34. The van der Waals surface area contributed by atoms with Gasteiger partial charge in [0.05, 0.1) is 6.54 Å². The third-order valence-electron chi connectivity index (χ3n) is 3.98. The lowest BCUT2D eigenvalue weighted by Gasteiger charge is -2.18. The number of para-hydroxylation sites is 1. The molecular weight excluding hydrogens is 290 g/mol. The second-order valence-electron chi connectivity index (χ2n) is 5.50. The highest BCUT2D eigenvalue weighted by Crippen LogP contribution is 2.26. The summed E-state index contributed by atoms with van der Waals surface area (Å²) in [6.45, 7) is 1.19. The fourth-order valence-electron chi connectivity index (χ4n) is 2.79. The number of carbonyl (C=O) groups excluding carboxylic acids is 2. The van der Waals surface area contributed by atoms with Gasteiger partial charge in [0, 0.05) is 30.5 Å².